The molecule has 2 aliphatic rings. The summed E-state index contributed by atoms with van der Waals surface area (Å²) in [5.41, 5.74) is 8.06. The number of fused-ring (bicyclic) bond motifs is 8. The second kappa shape index (κ2) is 9.68. The summed E-state index contributed by atoms with van der Waals surface area (Å²) in [7, 11) is 2.17. The van der Waals surface area contributed by atoms with Crippen LogP contribution in [0.15, 0.2) is 162 Å². The van der Waals surface area contributed by atoms with Crippen molar-refractivity contribution in [1.82, 2.24) is 9.47 Å². The van der Waals surface area contributed by atoms with Gasteiger partial charge in [-0.05, 0) is 50.9 Å². The Bertz CT molecular complexity index is 2310. The zero-order chi connectivity index (χ0) is 29.2. The minimum atomic E-state index is 0.0660. The molecule has 0 radical (unpaired) electrons. The molecule has 44 heavy (non-hydrogen) atoms. The van der Waals surface area contributed by atoms with Gasteiger partial charge in [0, 0.05) is 29.0 Å². The molecule has 9 rings (SSSR count). The number of aliphatic imine (C=N–C) groups is 1. The van der Waals surface area contributed by atoms with Crippen molar-refractivity contribution in [2.45, 2.75) is 6.04 Å². The number of allylic oxidation sites excluding steroid dienone is 2. The van der Waals surface area contributed by atoms with E-state index in [2.05, 4.69) is 168 Å². The van der Waals surface area contributed by atoms with Gasteiger partial charge >= 0.3 is 0 Å². The van der Waals surface area contributed by atoms with Gasteiger partial charge in [0.15, 0.2) is 0 Å². The van der Waals surface area contributed by atoms with Crippen molar-refractivity contribution >= 4 is 55.0 Å². The van der Waals surface area contributed by atoms with Crippen LogP contribution in [0.5, 0.6) is 0 Å². The lowest BCUT2D eigenvalue weighted by Gasteiger charge is -2.36. The maximum atomic E-state index is 5.56. The number of aromatic nitrogens is 1. The second-order valence-electron chi connectivity index (χ2n) is 11.7. The van der Waals surface area contributed by atoms with Crippen LogP contribution in [-0.4, -0.2) is 28.5 Å². The highest BCUT2D eigenvalue weighted by Gasteiger charge is 2.31. The Kier molecular flexibility index (Phi) is 5.48. The van der Waals surface area contributed by atoms with Gasteiger partial charge in [-0.2, -0.15) is 0 Å². The van der Waals surface area contributed by atoms with Crippen molar-refractivity contribution in [3.05, 3.63) is 163 Å². The number of benzene rings is 6. The minimum absolute atomic E-state index is 0.0660. The molecule has 1 aliphatic carbocycles. The van der Waals surface area contributed by atoms with E-state index in [1.807, 2.05) is 0 Å². The molecule has 208 valence electrons. The van der Waals surface area contributed by atoms with Gasteiger partial charge in [0.25, 0.3) is 0 Å². The number of rotatable bonds is 2. The van der Waals surface area contributed by atoms with Crippen molar-refractivity contribution < 1.29 is 0 Å². The van der Waals surface area contributed by atoms with Crippen LogP contribution >= 0.6 is 0 Å². The van der Waals surface area contributed by atoms with E-state index in [0.29, 0.717) is 0 Å². The third kappa shape index (κ3) is 3.66. The normalized spacial score (nSPS) is 16.3. The van der Waals surface area contributed by atoms with Gasteiger partial charge in [0.1, 0.15) is 0 Å². The molecule has 0 spiro atoms. The van der Waals surface area contributed by atoms with Gasteiger partial charge in [-0.25, -0.2) is 4.99 Å². The SMILES string of the molecule is CN1C(n2c3ccc4ccccc4c3c3c4ccccc4ccc32)=NC(c2cccc(-c3ccccc3)c2)=C2C=CC=CC21. The average molecular weight is 564 g/mol. The summed E-state index contributed by atoms with van der Waals surface area (Å²) in [5.74, 6) is 0.921. The van der Waals surface area contributed by atoms with Crippen LogP contribution < -0.4 is 0 Å². The van der Waals surface area contributed by atoms with Crippen LogP contribution in [0.25, 0.3) is 60.2 Å². The Morgan fingerprint density at radius 3 is 1.89 bits per heavy atom. The highest BCUT2D eigenvalue weighted by atomic mass is 15.3. The first-order chi connectivity index (χ1) is 21.8. The molecule has 0 fully saturated rings. The molecule has 0 N–H and O–H groups in total. The van der Waals surface area contributed by atoms with Gasteiger partial charge < -0.3 is 4.90 Å². The first kappa shape index (κ1) is 24.9. The van der Waals surface area contributed by atoms with Crippen molar-refractivity contribution in [3.8, 4) is 11.1 Å². The molecule has 6 aromatic carbocycles. The fourth-order valence-electron chi connectivity index (χ4n) is 7.13. The first-order valence-corrected chi connectivity index (χ1v) is 15.2. The molecule has 0 bridgehead atoms. The molecule has 0 saturated carbocycles. The maximum Gasteiger partial charge on any atom is 0.211 e. The number of hydrogen-bond donors (Lipinski definition) is 0. The number of likely N-dealkylation sites (N-methyl/N-ethyl adjacent to an activating group) is 1. The lowest BCUT2D eigenvalue weighted by Crippen LogP contribution is -2.43. The fourth-order valence-corrected chi connectivity index (χ4v) is 7.13. The predicted molar refractivity (Wildman–Crippen MR) is 186 cm³/mol. The molecular formula is C41H29N3. The number of nitrogens with zero attached hydrogens (tertiary/aromatic N) is 3. The molecule has 2 heterocycles. The monoisotopic (exact) mass is 563 g/mol. The molecular weight excluding hydrogens is 534 g/mol. The van der Waals surface area contributed by atoms with Crippen molar-refractivity contribution in [2.75, 3.05) is 7.05 Å². The molecule has 3 nitrogen and oxygen atoms in total. The zero-order valence-electron chi connectivity index (χ0n) is 24.4. The molecule has 0 saturated heterocycles. The Balaban J connectivity index is 1.36. The molecule has 1 atom stereocenters. The summed E-state index contributed by atoms with van der Waals surface area (Å²) in [6.45, 7) is 0. The van der Waals surface area contributed by atoms with Gasteiger partial charge in [-0.3, -0.25) is 4.57 Å². The lowest BCUT2D eigenvalue weighted by atomic mass is 9.93. The Labute approximate surface area is 256 Å². The average Bonchev–Trinajstić information content (AvgIpc) is 3.44. The summed E-state index contributed by atoms with van der Waals surface area (Å²) in [5, 5.41) is 7.55. The summed E-state index contributed by atoms with van der Waals surface area (Å²) < 4.78 is 2.38. The molecule has 1 unspecified atom stereocenters. The smallest absolute Gasteiger partial charge is 0.211 e. The standard InChI is InChI=1S/C41H29N3/c1-43-35-21-10-9-20-34(35)40(31-17-11-16-30(26-31)27-12-3-2-4-13-27)42-41(43)44-36-24-22-28-14-5-7-18-32(28)38(36)39-33-19-8-6-15-29(33)23-25-37(39)44/h2-26,35H,1H3. The first-order valence-electron chi connectivity index (χ1n) is 15.2. The summed E-state index contributed by atoms with van der Waals surface area (Å²) >= 11 is 0. The quantitative estimate of drug-likeness (QED) is 0.205. The largest absolute Gasteiger partial charge is 0.334 e. The van der Waals surface area contributed by atoms with Crippen LogP contribution in [0.4, 0.5) is 0 Å². The van der Waals surface area contributed by atoms with E-state index >= 15 is 0 Å². The van der Waals surface area contributed by atoms with E-state index in [1.165, 1.54) is 49.0 Å². The van der Waals surface area contributed by atoms with Crippen molar-refractivity contribution in [1.29, 1.82) is 0 Å². The van der Waals surface area contributed by atoms with E-state index in [0.717, 1.165) is 28.3 Å². The third-order valence-corrected chi connectivity index (χ3v) is 9.21. The van der Waals surface area contributed by atoms with E-state index in [9.17, 15) is 0 Å². The summed E-state index contributed by atoms with van der Waals surface area (Å²) in [4.78, 5) is 7.88. The van der Waals surface area contributed by atoms with Crippen LogP contribution in [0, 0.1) is 0 Å². The summed E-state index contributed by atoms with van der Waals surface area (Å²) in [6, 6.07) is 45.9. The van der Waals surface area contributed by atoms with E-state index in [1.54, 1.807) is 0 Å². The van der Waals surface area contributed by atoms with Crippen LogP contribution in [-0.2, 0) is 0 Å². The van der Waals surface area contributed by atoms with Gasteiger partial charge in [-0.15, -0.1) is 0 Å². The molecule has 0 amide bonds. The van der Waals surface area contributed by atoms with Gasteiger partial charge in [0.05, 0.1) is 22.8 Å². The van der Waals surface area contributed by atoms with E-state index in [-0.39, 0.29) is 6.04 Å². The fraction of sp³-hybridized carbons (Fsp3) is 0.0488. The van der Waals surface area contributed by atoms with E-state index in [4.69, 9.17) is 4.99 Å². The third-order valence-electron chi connectivity index (χ3n) is 9.21. The Morgan fingerprint density at radius 2 is 1.18 bits per heavy atom. The van der Waals surface area contributed by atoms with E-state index < -0.39 is 0 Å². The summed E-state index contributed by atoms with van der Waals surface area (Å²) in [6.07, 6.45) is 8.78. The minimum Gasteiger partial charge on any atom is -0.334 e. The molecule has 3 heteroatoms. The van der Waals surface area contributed by atoms with Crippen molar-refractivity contribution in [3.63, 3.8) is 0 Å². The Morgan fingerprint density at radius 1 is 0.568 bits per heavy atom. The van der Waals surface area contributed by atoms with Crippen LogP contribution in [0.3, 0.4) is 0 Å². The second-order valence-corrected chi connectivity index (χ2v) is 11.7. The highest BCUT2D eigenvalue weighted by Crippen LogP contribution is 2.41. The maximum absolute atomic E-state index is 5.56. The highest BCUT2D eigenvalue weighted by molar-refractivity contribution is 6.30. The molecule has 1 aromatic heterocycles. The van der Waals surface area contributed by atoms with Gasteiger partial charge in [0.2, 0.25) is 5.96 Å². The van der Waals surface area contributed by atoms with Crippen molar-refractivity contribution in [2.24, 2.45) is 4.99 Å². The number of hydrogen-bond acceptors (Lipinski definition) is 2. The molecule has 7 aromatic rings. The predicted octanol–water partition coefficient (Wildman–Crippen LogP) is 9.82. The lowest BCUT2D eigenvalue weighted by molar-refractivity contribution is 0.455. The zero-order valence-corrected chi connectivity index (χ0v) is 24.4. The van der Waals surface area contributed by atoms with Gasteiger partial charge in [-0.1, -0.05) is 133 Å². The van der Waals surface area contributed by atoms with Crippen LogP contribution in [0.2, 0.25) is 0 Å². The molecule has 1 aliphatic heterocycles. The Hall–Kier alpha value is -5.67. The topological polar surface area (TPSA) is 20.5 Å². The van der Waals surface area contributed by atoms with Crippen LogP contribution in [0.1, 0.15) is 5.56 Å².